The standard InChI is InChI=1S/C18H23F2N3O4S/c1-4-23(5-2)28(25,26)14-10-15(22(3)12-14)17(24)21-11-13-8-6-7-9-16(13)27-18(19)20/h6-10,12,18H,4-5,11H2,1-3H3,(H,21,24). The molecule has 0 aliphatic carbocycles. The molecule has 0 radical (unpaired) electrons. The lowest BCUT2D eigenvalue weighted by Crippen LogP contribution is -2.30. The Morgan fingerprint density at radius 1 is 1.25 bits per heavy atom. The van der Waals surface area contributed by atoms with Crippen molar-refractivity contribution in [3.05, 3.63) is 47.8 Å². The van der Waals surface area contributed by atoms with E-state index >= 15 is 0 Å². The number of hydrogen-bond acceptors (Lipinski definition) is 4. The van der Waals surface area contributed by atoms with Crippen molar-refractivity contribution in [2.45, 2.75) is 31.9 Å². The van der Waals surface area contributed by atoms with Crippen molar-refractivity contribution in [1.29, 1.82) is 0 Å². The average Bonchev–Trinajstić information content (AvgIpc) is 3.04. The molecular formula is C18H23F2N3O4S. The van der Waals surface area contributed by atoms with Gasteiger partial charge in [-0.3, -0.25) is 4.79 Å². The van der Waals surface area contributed by atoms with Crippen molar-refractivity contribution in [2.24, 2.45) is 7.05 Å². The summed E-state index contributed by atoms with van der Waals surface area (Å²) < 4.78 is 57.3. The predicted molar refractivity (Wildman–Crippen MR) is 99.8 cm³/mol. The maximum Gasteiger partial charge on any atom is 0.387 e. The van der Waals surface area contributed by atoms with Crippen LogP contribution in [-0.2, 0) is 23.6 Å². The third-order valence-corrected chi connectivity index (χ3v) is 6.20. The quantitative estimate of drug-likeness (QED) is 0.683. The zero-order valence-corrected chi connectivity index (χ0v) is 16.7. The zero-order chi connectivity index (χ0) is 20.9. The number of hydrogen-bond donors (Lipinski definition) is 1. The van der Waals surface area contributed by atoms with E-state index in [1.54, 1.807) is 39.1 Å². The number of aryl methyl sites for hydroxylation is 1. The number of carbonyl (C=O) groups excluding carboxylic acids is 1. The van der Waals surface area contributed by atoms with Crippen LogP contribution in [0.4, 0.5) is 8.78 Å². The minimum Gasteiger partial charge on any atom is -0.434 e. The van der Waals surface area contributed by atoms with Crippen LogP contribution >= 0.6 is 0 Å². The van der Waals surface area contributed by atoms with Gasteiger partial charge in [0.2, 0.25) is 10.0 Å². The SMILES string of the molecule is CCN(CC)S(=O)(=O)c1cc(C(=O)NCc2ccccc2OC(F)F)n(C)c1. The van der Waals surface area contributed by atoms with Crippen molar-refractivity contribution in [1.82, 2.24) is 14.2 Å². The second kappa shape index (κ2) is 9.16. The van der Waals surface area contributed by atoms with Gasteiger partial charge in [0.25, 0.3) is 5.91 Å². The van der Waals surface area contributed by atoms with Gasteiger partial charge < -0.3 is 14.6 Å². The molecule has 0 aliphatic heterocycles. The maximum absolute atomic E-state index is 12.6. The van der Waals surface area contributed by atoms with Crippen LogP contribution in [0.15, 0.2) is 41.4 Å². The van der Waals surface area contributed by atoms with Crippen molar-refractivity contribution in [2.75, 3.05) is 13.1 Å². The average molecular weight is 415 g/mol. The van der Waals surface area contributed by atoms with Gasteiger partial charge in [0, 0.05) is 38.4 Å². The van der Waals surface area contributed by atoms with Gasteiger partial charge in [-0.15, -0.1) is 0 Å². The number of rotatable bonds is 9. The molecule has 0 bridgehead atoms. The van der Waals surface area contributed by atoms with E-state index in [1.807, 2.05) is 0 Å². The van der Waals surface area contributed by atoms with Crippen LogP contribution in [0.2, 0.25) is 0 Å². The minimum atomic E-state index is -3.69. The van der Waals surface area contributed by atoms with E-state index in [2.05, 4.69) is 10.1 Å². The third kappa shape index (κ3) is 4.87. The highest BCUT2D eigenvalue weighted by Crippen LogP contribution is 2.21. The van der Waals surface area contributed by atoms with Crippen LogP contribution in [0.3, 0.4) is 0 Å². The first kappa shape index (κ1) is 21.8. The highest BCUT2D eigenvalue weighted by Gasteiger charge is 2.25. The summed E-state index contributed by atoms with van der Waals surface area (Å²) in [5, 5.41) is 2.60. The lowest BCUT2D eigenvalue weighted by Gasteiger charge is -2.17. The molecule has 0 atom stereocenters. The third-order valence-electron chi connectivity index (χ3n) is 4.18. The topological polar surface area (TPSA) is 80.6 Å². The summed E-state index contributed by atoms with van der Waals surface area (Å²) in [5.41, 5.74) is 0.513. The Bertz CT molecular complexity index is 925. The molecule has 0 aliphatic rings. The van der Waals surface area contributed by atoms with Crippen molar-refractivity contribution in [3.8, 4) is 5.75 Å². The summed E-state index contributed by atoms with van der Waals surface area (Å²) >= 11 is 0. The number of carbonyl (C=O) groups is 1. The van der Waals surface area contributed by atoms with Crippen molar-refractivity contribution in [3.63, 3.8) is 0 Å². The largest absolute Gasteiger partial charge is 0.434 e. The normalized spacial score (nSPS) is 11.8. The van der Waals surface area contributed by atoms with Crippen LogP contribution in [0.1, 0.15) is 29.9 Å². The maximum atomic E-state index is 12.6. The molecule has 7 nitrogen and oxygen atoms in total. The molecule has 0 spiro atoms. The lowest BCUT2D eigenvalue weighted by atomic mass is 10.2. The summed E-state index contributed by atoms with van der Waals surface area (Å²) in [5.74, 6) is -0.565. The highest BCUT2D eigenvalue weighted by atomic mass is 32.2. The highest BCUT2D eigenvalue weighted by molar-refractivity contribution is 7.89. The molecular weight excluding hydrogens is 392 g/mol. The van der Waals surface area contributed by atoms with Gasteiger partial charge in [0.05, 0.1) is 0 Å². The molecule has 1 aromatic heterocycles. The number of para-hydroxylation sites is 1. The fraction of sp³-hybridized carbons (Fsp3) is 0.389. The van der Waals surface area contributed by atoms with E-state index in [4.69, 9.17) is 0 Å². The second-order valence-electron chi connectivity index (χ2n) is 5.93. The molecule has 28 heavy (non-hydrogen) atoms. The number of aromatic nitrogens is 1. The Hall–Kier alpha value is -2.46. The Labute approximate surface area is 163 Å². The first-order valence-corrected chi connectivity index (χ1v) is 10.1. The van der Waals surface area contributed by atoms with Crippen LogP contribution in [0.5, 0.6) is 5.75 Å². The Kier molecular flexibility index (Phi) is 7.14. The number of nitrogens with zero attached hydrogens (tertiary/aromatic N) is 2. The van der Waals surface area contributed by atoms with E-state index in [-0.39, 0.29) is 22.9 Å². The minimum absolute atomic E-state index is 0.0188. The molecule has 0 saturated carbocycles. The molecule has 2 rings (SSSR count). The van der Waals surface area contributed by atoms with Crippen LogP contribution < -0.4 is 10.1 Å². The molecule has 10 heteroatoms. The van der Waals surface area contributed by atoms with Gasteiger partial charge in [-0.05, 0) is 12.1 Å². The molecule has 1 N–H and O–H groups in total. The van der Waals surface area contributed by atoms with Gasteiger partial charge in [-0.25, -0.2) is 8.42 Å². The van der Waals surface area contributed by atoms with E-state index in [0.717, 1.165) is 0 Å². The number of benzene rings is 1. The van der Waals surface area contributed by atoms with E-state index in [9.17, 15) is 22.0 Å². The molecule has 0 saturated heterocycles. The van der Waals surface area contributed by atoms with E-state index in [0.29, 0.717) is 18.7 Å². The van der Waals surface area contributed by atoms with Crippen molar-refractivity contribution < 1.29 is 26.7 Å². The Morgan fingerprint density at radius 2 is 1.89 bits per heavy atom. The number of sulfonamides is 1. The Balaban J connectivity index is 2.18. The summed E-state index contributed by atoms with van der Waals surface area (Å²) in [6, 6.07) is 7.41. The van der Waals surface area contributed by atoms with Gasteiger partial charge in [-0.2, -0.15) is 13.1 Å². The molecule has 1 aromatic carbocycles. The molecule has 0 unspecified atom stereocenters. The number of ether oxygens (including phenoxy) is 1. The second-order valence-corrected chi connectivity index (χ2v) is 7.87. The first-order valence-electron chi connectivity index (χ1n) is 8.68. The summed E-state index contributed by atoms with van der Waals surface area (Å²) in [6.45, 7) is 1.07. The Morgan fingerprint density at radius 3 is 2.50 bits per heavy atom. The van der Waals surface area contributed by atoms with Gasteiger partial charge in [0.15, 0.2) is 0 Å². The van der Waals surface area contributed by atoms with E-state index < -0.39 is 22.5 Å². The zero-order valence-electron chi connectivity index (χ0n) is 15.9. The molecule has 1 amide bonds. The molecule has 1 heterocycles. The van der Waals surface area contributed by atoms with E-state index in [1.165, 1.54) is 27.2 Å². The van der Waals surface area contributed by atoms with Crippen LogP contribution in [-0.4, -0.2) is 42.9 Å². The monoisotopic (exact) mass is 415 g/mol. The predicted octanol–water partition coefficient (Wildman–Crippen LogP) is 2.59. The smallest absolute Gasteiger partial charge is 0.387 e. The fourth-order valence-corrected chi connectivity index (χ4v) is 4.27. The van der Waals surface area contributed by atoms with Crippen molar-refractivity contribution >= 4 is 15.9 Å². The number of nitrogens with one attached hydrogen (secondary N) is 1. The molecule has 0 fully saturated rings. The fourth-order valence-electron chi connectivity index (χ4n) is 2.74. The number of alkyl halides is 2. The first-order chi connectivity index (χ1) is 13.2. The van der Waals surface area contributed by atoms with Crippen LogP contribution in [0.25, 0.3) is 0 Å². The molecule has 154 valence electrons. The van der Waals surface area contributed by atoms with Gasteiger partial charge >= 0.3 is 6.61 Å². The number of halogens is 2. The van der Waals surface area contributed by atoms with Gasteiger partial charge in [0.1, 0.15) is 16.3 Å². The lowest BCUT2D eigenvalue weighted by molar-refractivity contribution is -0.0504. The summed E-state index contributed by atoms with van der Waals surface area (Å²) in [4.78, 5) is 12.5. The summed E-state index contributed by atoms with van der Waals surface area (Å²) in [6.07, 6.45) is 1.37. The summed E-state index contributed by atoms with van der Waals surface area (Å²) in [7, 11) is -2.13. The van der Waals surface area contributed by atoms with Crippen LogP contribution in [0, 0.1) is 0 Å². The number of amides is 1. The van der Waals surface area contributed by atoms with Gasteiger partial charge in [-0.1, -0.05) is 32.0 Å². The molecule has 2 aromatic rings.